The maximum Gasteiger partial charge on any atom is 0.262 e. The molecule has 1 unspecified atom stereocenters. The highest BCUT2D eigenvalue weighted by Crippen LogP contribution is 2.47. The molecule has 1 fully saturated rings. The Hall–Kier alpha value is -5.52. The molecule has 11 heteroatoms. The van der Waals surface area contributed by atoms with Crippen LogP contribution in [0.2, 0.25) is 0 Å². The van der Waals surface area contributed by atoms with Crippen LogP contribution < -0.4 is 14.8 Å². The number of fused-ring (bicyclic) bond motifs is 2. The number of nitrogens with one attached hydrogen (secondary N) is 1. The number of amides is 2. The lowest BCUT2D eigenvalue weighted by atomic mass is 9.92. The van der Waals surface area contributed by atoms with E-state index in [0.717, 1.165) is 31.2 Å². The maximum absolute atomic E-state index is 13.1. The predicted octanol–water partition coefficient (Wildman–Crippen LogP) is 7.56. The minimum absolute atomic E-state index is 0.159. The van der Waals surface area contributed by atoms with Crippen molar-refractivity contribution in [2.75, 3.05) is 31.7 Å². The number of rotatable bonds is 13. The van der Waals surface area contributed by atoms with Crippen molar-refractivity contribution in [2.45, 2.75) is 38.6 Å². The molecule has 7 rings (SSSR count). The van der Waals surface area contributed by atoms with Gasteiger partial charge in [0, 0.05) is 35.3 Å². The number of Topliss-reactive ketones (excluding diaryl/α,β-unsaturated/α-hetero) is 2. The Labute approximate surface area is 298 Å². The first-order valence-corrected chi connectivity index (χ1v) is 17.7. The van der Waals surface area contributed by atoms with Crippen molar-refractivity contribution < 1.29 is 38.5 Å². The van der Waals surface area contributed by atoms with Crippen LogP contribution in [-0.2, 0) is 14.3 Å². The van der Waals surface area contributed by atoms with Crippen LogP contribution in [0.25, 0.3) is 20.5 Å². The molecule has 1 aliphatic heterocycles. The van der Waals surface area contributed by atoms with Gasteiger partial charge in [0.25, 0.3) is 11.8 Å². The second-order valence-electron chi connectivity index (χ2n) is 12.6. The van der Waals surface area contributed by atoms with Crippen LogP contribution in [-0.4, -0.2) is 65.8 Å². The molecular weight excluding hydrogens is 669 g/mol. The van der Waals surface area contributed by atoms with E-state index < -0.39 is 17.9 Å². The first-order valence-electron chi connectivity index (χ1n) is 16.9. The summed E-state index contributed by atoms with van der Waals surface area (Å²) in [5.74, 6) is 0.787. The molecule has 0 saturated heterocycles. The van der Waals surface area contributed by atoms with Gasteiger partial charge in [-0.25, -0.2) is 0 Å². The highest BCUT2D eigenvalue weighted by Gasteiger charge is 2.44. The van der Waals surface area contributed by atoms with Gasteiger partial charge in [0.05, 0.1) is 35.1 Å². The van der Waals surface area contributed by atoms with E-state index in [-0.39, 0.29) is 47.7 Å². The molecule has 2 aliphatic rings. The van der Waals surface area contributed by atoms with E-state index in [0.29, 0.717) is 50.0 Å². The monoisotopic (exact) mass is 704 g/mol. The number of imide groups is 1. The zero-order chi connectivity index (χ0) is 35.5. The molecule has 51 heavy (non-hydrogen) atoms. The Kier molecular flexibility index (Phi) is 9.83. The van der Waals surface area contributed by atoms with Gasteiger partial charge in [0.15, 0.2) is 11.5 Å². The number of thiophene rings is 1. The van der Waals surface area contributed by atoms with Crippen molar-refractivity contribution >= 4 is 50.5 Å². The molecular formula is C40H36N2O8S. The number of aryl methyl sites for hydroxylation is 1. The number of benzene rings is 4. The number of ether oxygens (including phenoxy) is 3. The molecule has 1 aromatic heterocycles. The number of phenols is 1. The van der Waals surface area contributed by atoms with Gasteiger partial charge in [-0.05, 0) is 86.0 Å². The van der Waals surface area contributed by atoms with Crippen molar-refractivity contribution in [3.8, 4) is 33.4 Å². The fourth-order valence-corrected chi connectivity index (χ4v) is 7.46. The average molecular weight is 705 g/mol. The molecule has 0 radical (unpaired) electrons. The topological polar surface area (TPSA) is 131 Å². The van der Waals surface area contributed by atoms with Gasteiger partial charge in [-0.15, -0.1) is 11.3 Å². The van der Waals surface area contributed by atoms with E-state index in [4.69, 9.17) is 14.2 Å². The van der Waals surface area contributed by atoms with Gasteiger partial charge in [0.1, 0.15) is 29.6 Å². The quantitative estimate of drug-likeness (QED) is 0.0724. The van der Waals surface area contributed by atoms with Crippen LogP contribution in [0.5, 0.6) is 23.0 Å². The van der Waals surface area contributed by atoms with Crippen LogP contribution in [0.15, 0.2) is 84.9 Å². The molecule has 4 aromatic carbocycles. The van der Waals surface area contributed by atoms with Crippen LogP contribution >= 0.6 is 11.3 Å². The molecule has 260 valence electrons. The molecule has 1 atom stereocenters. The van der Waals surface area contributed by atoms with E-state index in [1.807, 2.05) is 30.3 Å². The molecule has 10 nitrogen and oxygen atoms in total. The number of hydrogen-bond donors (Lipinski definition) is 2. The minimum atomic E-state index is -0.880. The highest BCUT2D eigenvalue weighted by atomic mass is 32.1. The zero-order valence-corrected chi connectivity index (χ0v) is 28.8. The standard InChI is InChI=1S/C40H36N2O8S/c1-24-3-5-25(6-4-24)38-37(32-15-8-28(44)23-36(32)51-38)50-30-12-10-29(11-13-30)49-20-19-48-18-2-17-41-26-7-14-31-33(21-26)40(47)42(39(31)46)34-16-9-27(43)22-35(34)45/h3-8,10-15,21,23,34,41,44H,2,9,16-20,22H2,1H3. The van der Waals surface area contributed by atoms with Gasteiger partial charge in [-0.2, -0.15) is 0 Å². The summed E-state index contributed by atoms with van der Waals surface area (Å²) in [6.07, 6.45) is 0.832. The van der Waals surface area contributed by atoms with Gasteiger partial charge >= 0.3 is 0 Å². The van der Waals surface area contributed by atoms with Crippen molar-refractivity contribution in [3.63, 3.8) is 0 Å². The van der Waals surface area contributed by atoms with Gasteiger partial charge in [-0.1, -0.05) is 29.8 Å². The second kappa shape index (κ2) is 14.8. The van der Waals surface area contributed by atoms with E-state index in [9.17, 15) is 24.3 Å². The van der Waals surface area contributed by atoms with Crippen molar-refractivity contribution in [2.24, 2.45) is 0 Å². The predicted molar refractivity (Wildman–Crippen MR) is 194 cm³/mol. The minimum Gasteiger partial charge on any atom is -0.508 e. The Balaban J connectivity index is 0.851. The van der Waals surface area contributed by atoms with Crippen molar-refractivity contribution in [1.29, 1.82) is 0 Å². The molecule has 0 spiro atoms. The number of aromatic hydroxyl groups is 1. The third-order valence-electron chi connectivity index (χ3n) is 8.95. The van der Waals surface area contributed by atoms with E-state index in [1.165, 1.54) is 5.56 Å². The molecule has 5 aromatic rings. The van der Waals surface area contributed by atoms with Gasteiger partial charge in [-0.3, -0.25) is 24.1 Å². The van der Waals surface area contributed by atoms with Crippen molar-refractivity contribution in [1.82, 2.24) is 4.90 Å². The summed E-state index contributed by atoms with van der Waals surface area (Å²) in [4.78, 5) is 52.0. The SMILES string of the molecule is Cc1ccc(-c2sc3cc(O)ccc3c2Oc2ccc(OCCOCCCNc3ccc4c(c3)C(=O)N(C3CCC(=O)CC3=O)C4=O)cc2)cc1. The van der Waals surface area contributed by atoms with E-state index in [1.54, 1.807) is 41.7 Å². The maximum atomic E-state index is 13.1. The van der Waals surface area contributed by atoms with Gasteiger partial charge in [0.2, 0.25) is 0 Å². The number of carbonyl (C=O) groups is 4. The molecule has 1 aliphatic carbocycles. The fourth-order valence-electron chi connectivity index (χ4n) is 6.29. The normalized spacial score (nSPS) is 15.8. The summed E-state index contributed by atoms with van der Waals surface area (Å²) in [7, 11) is 0. The Morgan fingerprint density at radius 3 is 2.39 bits per heavy atom. The Bertz CT molecular complexity index is 2120. The van der Waals surface area contributed by atoms with Crippen LogP contribution in [0.4, 0.5) is 5.69 Å². The fraction of sp³-hybridized carbons (Fsp3) is 0.250. The summed E-state index contributed by atoms with van der Waals surface area (Å²) in [5.41, 5.74) is 3.44. The third-order valence-corrected chi connectivity index (χ3v) is 10.1. The lowest BCUT2D eigenvalue weighted by Crippen LogP contribution is -2.47. The third kappa shape index (κ3) is 7.35. The number of nitrogens with zero attached hydrogens (tertiary/aromatic N) is 1. The van der Waals surface area contributed by atoms with E-state index in [2.05, 4.69) is 36.5 Å². The largest absolute Gasteiger partial charge is 0.508 e. The number of hydrogen-bond acceptors (Lipinski definition) is 10. The number of anilines is 1. The molecule has 0 bridgehead atoms. The second-order valence-corrected chi connectivity index (χ2v) is 13.7. The highest BCUT2D eigenvalue weighted by molar-refractivity contribution is 7.22. The summed E-state index contributed by atoms with van der Waals surface area (Å²) >= 11 is 1.58. The van der Waals surface area contributed by atoms with Crippen LogP contribution in [0.1, 0.15) is 52.0 Å². The molecule has 2 heterocycles. The first-order chi connectivity index (χ1) is 24.7. The smallest absolute Gasteiger partial charge is 0.262 e. The Morgan fingerprint density at radius 1 is 0.843 bits per heavy atom. The molecule has 1 saturated carbocycles. The average Bonchev–Trinajstić information content (AvgIpc) is 3.59. The van der Waals surface area contributed by atoms with Crippen LogP contribution in [0, 0.1) is 6.92 Å². The number of ketones is 2. The van der Waals surface area contributed by atoms with Crippen molar-refractivity contribution in [3.05, 3.63) is 102 Å². The zero-order valence-electron chi connectivity index (χ0n) is 28.0. The molecule has 2 N–H and O–H groups in total. The summed E-state index contributed by atoms with van der Waals surface area (Å²) in [6.45, 7) is 3.92. The lowest BCUT2D eigenvalue weighted by Gasteiger charge is -2.27. The summed E-state index contributed by atoms with van der Waals surface area (Å²) in [6, 6.07) is 25.1. The summed E-state index contributed by atoms with van der Waals surface area (Å²) < 4.78 is 18.9. The lowest BCUT2D eigenvalue weighted by molar-refractivity contribution is -0.132. The number of carbonyl (C=O) groups excluding carboxylic acids is 4. The summed E-state index contributed by atoms with van der Waals surface area (Å²) in [5, 5.41) is 14.2. The number of phenolic OH excluding ortho intramolecular Hbond substituents is 1. The Morgan fingerprint density at radius 2 is 1.61 bits per heavy atom. The first kappa shape index (κ1) is 34.0. The molecule has 2 amide bonds. The van der Waals surface area contributed by atoms with Gasteiger partial charge < -0.3 is 24.6 Å². The van der Waals surface area contributed by atoms with E-state index >= 15 is 0 Å². The van der Waals surface area contributed by atoms with Crippen LogP contribution in [0.3, 0.4) is 0 Å².